The highest BCUT2D eigenvalue weighted by molar-refractivity contribution is 8.26. The number of halogens is 2. The maximum Gasteiger partial charge on any atom is 0.266 e. The van der Waals surface area contributed by atoms with Gasteiger partial charge in [0.05, 0.1) is 20.6 Å². The minimum absolute atomic E-state index is 0.202. The van der Waals surface area contributed by atoms with Gasteiger partial charge in [-0.2, -0.15) is 0 Å². The number of hydrogen-bond donors (Lipinski definition) is 1. The smallest absolute Gasteiger partial charge is 0.266 e. The summed E-state index contributed by atoms with van der Waals surface area (Å²) < 4.78 is 0.334. The van der Waals surface area contributed by atoms with Crippen LogP contribution in [0.3, 0.4) is 0 Å². The van der Waals surface area contributed by atoms with Crippen molar-refractivity contribution in [2.45, 2.75) is 6.92 Å². The van der Waals surface area contributed by atoms with E-state index >= 15 is 0 Å². The number of carbonyl (C=O) groups excluding carboxylic acids is 2. The lowest BCUT2D eigenvalue weighted by Crippen LogP contribution is -2.36. The van der Waals surface area contributed by atoms with Gasteiger partial charge in [-0.15, -0.1) is 0 Å². The summed E-state index contributed by atoms with van der Waals surface area (Å²) >= 11 is 18.5. The van der Waals surface area contributed by atoms with Crippen LogP contribution in [0.1, 0.15) is 12.5 Å². The van der Waals surface area contributed by atoms with Crippen molar-refractivity contribution in [3.63, 3.8) is 0 Å². The molecule has 1 heterocycles. The highest BCUT2D eigenvalue weighted by Crippen LogP contribution is 2.33. The van der Waals surface area contributed by atoms with E-state index in [2.05, 4.69) is 5.32 Å². The summed E-state index contributed by atoms with van der Waals surface area (Å²) in [5.74, 6) is -0.712. The Balaban J connectivity index is 1.69. The number of anilines is 1. The van der Waals surface area contributed by atoms with Gasteiger partial charge in [0, 0.05) is 0 Å². The van der Waals surface area contributed by atoms with Gasteiger partial charge in [-0.05, 0) is 36.3 Å². The van der Waals surface area contributed by atoms with Gasteiger partial charge in [-0.1, -0.05) is 89.7 Å². The molecule has 0 bridgehead atoms. The third-order valence-corrected chi connectivity index (χ3v) is 6.15. The summed E-state index contributed by atoms with van der Waals surface area (Å²) in [5.41, 5.74) is 2.33. The zero-order valence-electron chi connectivity index (χ0n) is 15.3. The van der Waals surface area contributed by atoms with E-state index in [-0.39, 0.29) is 17.5 Å². The van der Waals surface area contributed by atoms with Gasteiger partial charge in [-0.25, -0.2) is 0 Å². The fourth-order valence-corrected chi connectivity index (χ4v) is 4.28. The second-order valence-corrected chi connectivity index (χ2v) is 8.68. The van der Waals surface area contributed by atoms with E-state index in [1.54, 1.807) is 24.3 Å². The van der Waals surface area contributed by atoms with E-state index in [1.807, 2.05) is 43.3 Å². The Morgan fingerprint density at radius 3 is 2.62 bits per heavy atom. The van der Waals surface area contributed by atoms with Gasteiger partial charge in [-0.3, -0.25) is 14.5 Å². The second kappa shape index (κ2) is 9.59. The maximum atomic E-state index is 12.7. The maximum absolute atomic E-state index is 12.7. The number of thioether (sulfide) groups is 1. The number of thiocarbonyl (C=S) groups is 1. The molecule has 1 aliphatic heterocycles. The summed E-state index contributed by atoms with van der Waals surface area (Å²) in [4.78, 5) is 26.8. The molecule has 3 rings (SSSR count). The summed E-state index contributed by atoms with van der Waals surface area (Å²) in [5, 5.41) is 3.24. The zero-order valence-corrected chi connectivity index (χ0v) is 18.5. The molecule has 2 amide bonds. The molecule has 8 heteroatoms. The van der Waals surface area contributed by atoms with Crippen molar-refractivity contribution in [2.75, 3.05) is 11.9 Å². The number of carbonyl (C=O) groups is 2. The van der Waals surface area contributed by atoms with E-state index in [4.69, 9.17) is 35.4 Å². The Kier molecular flexibility index (Phi) is 7.14. The first-order valence-electron chi connectivity index (χ1n) is 8.57. The average Bonchev–Trinajstić information content (AvgIpc) is 2.93. The van der Waals surface area contributed by atoms with Crippen molar-refractivity contribution in [1.82, 2.24) is 4.90 Å². The Hall–Kier alpha value is -2.12. The molecule has 2 aromatic carbocycles. The molecule has 148 valence electrons. The van der Waals surface area contributed by atoms with E-state index in [0.717, 1.165) is 11.1 Å². The van der Waals surface area contributed by atoms with Crippen molar-refractivity contribution >= 4 is 75.1 Å². The van der Waals surface area contributed by atoms with E-state index < -0.39 is 5.91 Å². The number of allylic oxidation sites excluding steroid dienone is 2. The van der Waals surface area contributed by atoms with E-state index in [9.17, 15) is 9.59 Å². The van der Waals surface area contributed by atoms with Crippen molar-refractivity contribution < 1.29 is 9.59 Å². The molecule has 0 unspecified atom stereocenters. The number of amides is 2. The van der Waals surface area contributed by atoms with Gasteiger partial charge in [0.15, 0.2) is 0 Å². The molecule has 1 saturated heterocycles. The summed E-state index contributed by atoms with van der Waals surface area (Å²) in [7, 11) is 0. The Morgan fingerprint density at radius 2 is 1.90 bits per heavy atom. The van der Waals surface area contributed by atoms with Gasteiger partial charge >= 0.3 is 0 Å². The highest BCUT2D eigenvalue weighted by atomic mass is 35.5. The van der Waals surface area contributed by atoms with Crippen LogP contribution in [0.5, 0.6) is 0 Å². The fraction of sp³-hybridized carbons (Fsp3) is 0.0952. The standard InChI is InChI=1S/C21H16Cl2N2O2S2/c1-13(10-14-6-3-2-4-7-14)11-17-20(27)25(21(28)29-17)12-18(26)24-16-9-5-8-15(22)19(16)23/h2-11H,12H2,1H3,(H,24,26)/b13-10+,17-11-. The Morgan fingerprint density at radius 1 is 1.17 bits per heavy atom. The second-order valence-electron chi connectivity index (χ2n) is 6.22. The van der Waals surface area contributed by atoms with Gasteiger partial charge in [0.2, 0.25) is 5.91 Å². The molecule has 0 saturated carbocycles. The predicted octanol–water partition coefficient (Wildman–Crippen LogP) is 5.78. The first kappa shape index (κ1) is 21.6. The number of benzene rings is 2. The molecule has 1 N–H and O–H groups in total. The van der Waals surface area contributed by atoms with Crippen molar-refractivity contribution in [3.05, 3.63) is 80.7 Å². The van der Waals surface area contributed by atoms with Gasteiger partial charge in [0.1, 0.15) is 10.9 Å². The fourth-order valence-electron chi connectivity index (χ4n) is 2.63. The van der Waals surface area contributed by atoms with Crippen LogP contribution < -0.4 is 5.32 Å². The SMILES string of the molecule is CC(/C=C1\SC(=S)N(CC(=O)Nc2cccc(Cl)c2Cl)C1=O)=C\c1ccccc1. The lowest BCUT2D eigenvalue weighted by Gasteiger charge is -2.15. The zero-order chi connectivity index (χ0) is 21.0. The predicted molar refractivity (Wildman–Crippen MR) is 125 cm³/mol. The molecule has 0 spiro atoms. The monoisotopic (exact) mass is 462 g/mol. The molecule has 2 aromatic rings. The largest absolute Gasteiger partial charge is 0.323 e. The van der Waals surface area contributed by atoms with E-state index in [0.29, 0.717) is 19.9 Å². The minimum atomic E-state index is -0.414. The molecule has 1 fully saturated rings. The van der Waals surface area contributed by atoms with Crippen LogP contribution in [0.25, 0.3) is 6.08 Å². The quantitative estimate of drug-likeness (QED) is 0.451. The van der Waals surface area contributed by atoms with Gasteiger partial charge in [0.25, 0.3) is 5.91 Å². The number of hydrogen-bond acceptors (Lipinski definition) is 4. The summed E-state index contributed by atoms with van der Waals surface area (Å²) in [6, 6.07) is 14.7. The summed E-state index contributed by atoms with van der Waals surface area (Å²) in [6.07, 6.45) is 3.75. The first-order valence-corrected chi connectivity index (χ1v) is 10.6. The van der Waals surface area contributed by atoms with E-state index in [1.165, 1.54) is 16.7 Å². The van der Waals surface area contributed by atoms with Crippen LogP contribution in [0.15, 0.2) is 65.1 Å². The van der Waals surface area contributed by atoms with Crippen LogP contribution in [0.4, 0.5) is 5.69 Å². The molecule has 0 atom stereocenters. The first-order chi connectivity index (χ1) is 13.8. The van der Waals surface area contributed by atoms with Crippen LogP contribution in [0, 0.1) is 0 Å². The molecule has 4 nitrogen and oxygen atoms in total. The Bertz CT molecular complexity index is 1040. The topological polar surface area (TPSA) is 49.4 Å². The van der Waals surface area contributed by atoms with Crippen LogP contribution in [-0.2, 0) is 9.59 Å². The normalized spacial score (nSPS) is 15.9. The molecular formula is C21H16Cl2N2O2S2. The molecule has 1 aliphatic rings. The third-order valence-electron chi connectivity index (χ3n) is 3.95. The van der Waals surface area contributed by atoms with Gasteiger partial charge < -0.3 is 5.32 Å². The number of rotatable bonds is 5. The number of nitrogens with zero attached hydrogens (tertiary/aromatic N) is 1. The molecule has 0 radical (unpaired) electrons. The number of nitrogens with one attached hydrogen (secondary N) is 1. The van der Waals surface area contributed by atoms with Crippen molar-refractivity contribution in [1.29, 1.82) is 0 Å². The van der Waals surface area contributed by atoms with Crippen molar-refractivity contribution in [2.24, 2.45) is 0 Å². The molecule has 0 aromatic heterocycles. The molecular weight excluding hydrogens is 447 g/mol. The van der Waals surface area contributed by atoms with Crippen LogP contribution in [0.2, 0.25) is 10.0 Å². The summed E-state index contributed by atoms with van der Waals surface area (Å²) in [6.45, 7) is 1.71. The van der Waals surface area contributed by atoms with Crippen LogP contribution in [-0.4, -0.2) is 27.6 Å². The third kappa shape index (κ3) is 5.48. The van der Waals surface area contributed by atoms with Crippen molar-refractivity contribution in [3.8, 4) is 0 Å². The minimum Gasteiger partial charge on any atom is -0.323 e. The lowest BCUT2D eigenvalue weighted by atomic mass is 10.1. The average molecular weight is 463 g/mol. The molecule has 0 aliphatic carbocycles. The molecule has 29 heavy (non-hydrogen) atoms. The highest BCUT2D eigenvalue weighted by Gasteiger charge is 2.33. The Labute approximate surface area is 188 Å². The van der Waals surface area contributed by atoms with Crippen LogP contribution >= 0.6 is 47.2 Å². The lowest BCUT2D eigenvalue weighted by molar-refractivity contribution is -0.126.